The van der Waals surface area contributed by atoms with Gasteiger partial charge in [-0.3, -0.25) is 0 Å². The molecule has 0 bridgehead atoms. The van der Waals surface area contributed by atoms with E-state index in [1.807, 2.05) is 0 Å². The van der Waals surface area contributed by atoms with Crippen LogP contribution in [-0.4, -0.2) is 18.1 Å². The Morgan fingerprint density at radius 1 is 1.11 bits per heavy atom. The van der Waals surface area contributed by atoms with Gasteiger partial charge in [0.2, 0.25) is 0 Å². The Balaban J connectivity index is 2.28. The molecule has 0 atom stereocenters. The van der Waals surface area contributed by atoms with Gasteiger partial charge in [-0.1, -0.05) is 32.0 Å². The molecule has 0 amide bonds. The summed E-state index contributed by atoms with van der Waals surface area (Å²) in [6.07, 6.45) is 3.60. The molecule has 2 rings (SSSR count). The topological polar surface area (TPSA) is 9.23 Å². The van der Waals surface area contributed by atoms with Crippen LogP contribution in [0.3, 0.4) is 0 Å². The van der Waals surface area contributed by atoms with Gasteiger partial charge in [0.15, 0.2) is 0 Å². The molecule has 0 unspecified atom stereocenters. The molecule has 0 N–H and O–H groups in total. The fraction of sp³-hybridized carbons (Fsp3) is 0.600. The van der Waals surface area contributed by atoms with E-state index in [0.717, 1.165) is 18.8 Å². The average Bonchev–Trinajstić information content (AvgIpc) is 2.43. The fourth-order valence-electron chi connectivity index (χ4n) is 2.21. The van der Waals surface area contributed by atoms with E-state index in [4.69, 9.17) is 4.74 Å². The summed E-state index contributed by atoms with van der Waals surface area (Å²) in [5.74, 6) is 3.55. The van der Waals surface area contributed by atoms with E-state index in [9.17, 15) is 0 Å². The second-order valence-electron chi connectivity index (χ2n) is 4.54. The Bertz CT molecular complexity index is 371. The van der Waals surface area contributed by atoms with E-state index >= 15 is 0 Å². The van der Waals surface area contributed by atoms with E-state index in [2.05, 4.69) is 61.6 Å². The number of ether oxygens (including phenoxy) is 1. The van der Waals surface area contributed by atoms with Gasteiger partial charge in [-0.2, -0.15) is 0 Å². The Morgan fingerprint density at radius 2 is 1.78 bits per heavy atom. The van der Waals surface area contributed by atoms with Crippen molar-refractivity contribution in [1.82, 2.24) is 0 Å². The molecular formula is C15H22OS2. The van der Waals surface area contributed by atoms with Gasteiger partial charge in [0.1, 0.15) is 5.75 Å². The smallest absolute Gasteiger partial charge is 0.124 e. The molecule has 3 heteroatoms. The Hall–Kier alpha value is -0.280. The number of para-hydroxylation sites is 1. The first-order valence-corrected chi connectivity index (χ1v) is 8.79. The highest BCUT2D eigenvalue weighted by Gasteiger charge is 2.38. The van der Waals surface area contributed by atoms with Crippen LogP contribution in [0.5, 0.6) is 5.75 Å². The summed E-state index contributed by atoms with van der Waals surface area (Å²) < 4.78 is 6.04. The first-order chi connectivity index (χ1) is 8.82. The molecule has 0 fully saturated rings. The molecule has 0 saturated carbocycles. The molecule has 1 aliphatic rings. The lowest BCUT2D eigenvalue weighted by Gasteiger charge is -2.38. The largest absolute Gasteiger partial charge is 0.493 e. The molecule has 1 nitrogen and oxygen atoms in total. The molecule has 1 aliphatic heterocycles. The molecule has 0 aromatic heterocycles. The van der Waals surface area contributed by atoms with Crippen LogP contribution >= 0.6 is 23.5 Å². The molecule has 100 valence electrons. The Morgan fingerprint density at radius 3 is 2.44 bits per heavy atom. The van der Waals surface area contributed by atoms with Crippen LogP contribution in [0.15, 0.2) is 24.3 Å². The van der Waals surface area contributed by atoms with E-state index in [1.165, 1.54) is 29.9 Å². The molecule has 0 saturated heterocycles. The third-order valence-corrected chi connectivity index (χ3v) is 6.78. The van der Waals surface area contributed by atoms with Crippen LogP contribution in [0.4, 0.5) is 0 Å². The van der Waals surface area contributed by atoms with E-state index in [0.29, 0.717) is 0 Å². The first-order valence-electron chi connectivity index (χ1n) is 6.82. The molecule has 1 aromatic carbocycles. The quantitative estimate of drug-likeness (QED) is 0.686. The summed E-state index contributed by atoms with van der Waals surface area (Å²) in [4.78, 5) is 0. The predicted molar refractivity (Wildman–Crippen MR) is 83.7 cm³/mol. The van der Waals surface area contributed by atoms with Crippen LogP contribution in [0, 0.1) is 0 Å². The van der Waals surface area contributed by atoms with Crippen LogP contribution in [-0.2, 0) is 4.08 Å². The highest BCUT2D eigenvalue weighted by Crippen LogP contribution is 2.54. The third-order valence-electron chi connectivity index (χ3n) is 3.06. The van der Waals surface area contributed by atoms with Crippen LogP contribution < -0.4 is 4.74 Å². The maximum absolute atomic E-state index is 5.81. The van der Waals surface area contributed by atoms with Crippen molar-refractivity contribution in [3.8, 4) is 5.75 Å². The van der Waals surface area contributed by atoms with Crippen LogP contribution in [0.25, 0.3) is 0 Å². The van der Waals surface area contributed by atoms with Crippen molar-refractivity contribution in [2.75, 3.05) is 18.1 Å². The second kappa shape index (κ2) is 6.76. The van der Waals surface area contributed by atoms with E-state index in [1.54, 1.807) is 0 Å². The highest BCUT2D eigenvalue weighted by molar-refractivity contribution is 8.17. The van der Waals surface area contributed by atoms with Crippen molar-refractivity contribution in [2.24, 2.45) is 0 Å². The molecule has 0 spiro atoms. The predicted octanol–water partition coefficient (Wildman–Crippen LogP) is 4.91. The van der Waals surface area contributed by atoms with Crippen molar-refractivity contribution in [3.05, 3.63) is 29.8 Å². The van der Waals surface area contributed by atoms with Gasteiger partial charge >= 0.3 is 0 Å². The average molecular weight is 282 g/mol. The molecule has 18 heavy (non-hydrogen) atoms. The van der Waals surface area contributed by atoms with Gasteiger partial charge in [0.25, 0.3) is 0 Å². The number of fused-ring (bicyclic) bond motifs is 1. The Kier molecular flexibility index (Phi) is 5.31. The maximum Gasteiger partial charge on any atom is 0.124 e. The summed E-state index contributed by atoms with van der Waals surface area (Å²) >= 11 is 4.22. The van der Waals surface area contributed by atoms with Crippen molar-refractivity contribution < 1.29 is 4.74 Å². The standard InChI is InChI=1S/C15H22OS2/c1-3-11-17-15(18-12-4-2)9-10-16-14-8-6-5-7-13(14)15/h5-8H,3-4,9-12H2,1-2H3. The second-order valence-corrected chi connectivity index (χ2v) is 7.59. The Labute approximate surface area is 119 Å². The summed E-state index contributed by atoms with van der Waals surface area (Å²) in [5, 5.41) is 0. The van der Waals surface area contributed by atoms with Gasteiger partial charge in [-0.05, 0) is 30.4 Å². The molecule has 1 aromatic rings. The van der Waals surface area contributed by atoms with Gasteiger partial charge < -0.3 is 4.74 Å². The normalized spacial score (nSPS) is 17.0. The number of benzene rings is 1. The minimum absolute atomic E-state index is 0.223. The van der Waals surface area contributed by atoms with Crippen LogP contribution in [0.2, 0.25) is 0 Å². The minimum atomic E-state index is 0.223. The third kappa shape index (κ3) is 3.00. The zero-order chi connectivity index (χ0) is 12.8. The van der Waals surface area contributed by atoms with Gasteiger partial charge in [-0.15, -0.1) is 23.5 Å². The zero-order valence-corrected chi connectivity index (χ0v) is 12.9. The summed E-state index contributed by atoms with van der Waals surface area (Å²) in [5.41, 5.74) is 1.40. The van der Waals surface area contributed by atoms with E-state index < -0.39 is 0 Å². The lowest BCUT2D eigenvalue weighted by molar-refractivity contribution is 0.280. The van der Waals surface area contributed by atoms with Gasteiger partial charge in [-0.25, -0.2) is 0 Å². The highest BCUT2D eigenvalue weighted by atomic mass is 32.2. The van der Waals surface area contributed by atoms with Crippen molar-refractivity contribution in [3.63, 3.8) is 0 Å². The van der Waals surface area contributed by atoms with Crippen LogP contribution in [0.1, 0.15) is 38.7 Å². The molecule has 1 heterocycles. The van der Waals surface area contributed by atoms with Gasteiger partial charge in [0.05, 0.1) is 10.7 Å². The first kappa shape index (κ1) is 14.1. The van der Waals surface area contributed by atoms with Crippen molar-refractivity contribution in [2.45, 2.75) is 37.2 Å². The van der Waals surface area contributed by atoms with Crippen molar-refractivity contribution >= 4 is 23.5 Å². The number of hydrogen-bond acceptors (Lipinski definition) is 3. The number of hydrogen-bond donors (Lipinski definition) is 0. The monoisotopic (exact) mass is 282 g/mol. The molecule has 0 radical (unpaired) electrons. The lowest BCUT2D eigenvalue weighted by atomic mass is 10.1. The lowest BCUT2D eigenvalue weighted by Crippen LogP contribution is -2.27. The summed E-state index contributed by atoms with van der Waals surface area (Å²) in [7, 11) is 0. The van der Waals surface area contributed by atoms with E-state index in [-0.39, 0.29) is 4.08 Å². The number of thioether (sulfide) groups is 2. The van der Waals surface area contributed by atoms with Gasteiger partial charge in [0, 0.05) is 12.0 Å². The van der Waals surface area contributed by atoms with Crippen molar-refractivity contribution in [1.29, 1.82) is 0 Å². The molecule has 0 aliphatic carbocycles. The minimum Gasteiger partial charge on any atom is -0.493 e. The number of rotatable bonds is 6. The maximum atomic E-state index is 5.81. The fourth-order valence-corrected chi connectivity index (χ4v) is 5.22. The zero-order valence-electron chi connectivity index (χ0n) is 11.3. The SMILES string of the molecule is CCCSC1(SCCC)CCOc2ccccc21. The summed E-state index contributed by atoms with van der Waals surface area (Å²) in [6, 6.07) is 8.58. The summed E-state index contributed by atoms with van der Waals surface area (Å²) in [6.45, 7) is 5.37. The molecular weight excluding hydrogens is 260 g/mol.